The predicted octanol–water partition coefficient (Wildman–Crippen LogP) is -0.659. The van der Waals surface area contributed by atoms with Crippen LogP contribution in [0.1, 0.15) is 19.4 Å². The zero-order chi connectivity index (χ0) is 12.4. The minimum atomic E-state index is -1.05. The van der Waals surface area contributed by atoms with Gasteiger partial charge in [0.1, 0.15) is 0 Å². The van der Waals surface area contributed by atoms with Crippen molar-refractivity contribution >= 4 is 11.8 Å². The summed E-state index contributed by atoms with van der Waals surface area (Å²) in [5.41, 5.74) is 5.61. The van der Waals surface area contributed by atoms with E-state index in [1.54, 1.807) is 6.92 Å². The average molecular weight is 239 g/mol. The lowest BCUT2D eigenvalue weighted by Gasteiger charge is -2.09. The zero-order valence-corrected chi connectivity index (χ0v) is 8.81. The second kappa shape index (κ2) is 4.15. The van der Waals surface area contributed by atoms with Crippen molar-refractivity contribution in [3.63, 3.8) is 0 Å². The van der Waals surface area contributed by atoms with Gasteiger partial charge in [0, 0.05) is 0 Å². The quantitative estimate of drug-likeness (QED) is 0.709. The molecule has 2 rings (SSSR count). The van der Waals surface area contributed by atoms with Crippen LogP contribution in [0.3, 0.4) is 0 Å². The highest BCUT2D eigenvalue weighted by Gasteiger charge is 2.26. The summed E-state index contributed by atoms with van der Waals surface area (Å²) in [5.74, 6) is -0.935. The van der Waals surface area contributed by atoms with E-state index in [0.717, 1.165) is 4.68 Å². The van der Waals surface area contributed by atoms with Gasteiger partial charge < -0.3 is 10.8 Å². The van der Waals surface area contributed by atoms with Gasteiger partial charge in [-0.25, -0.2) is 14.1 Å². The topological polar surface area (TPSA) is 146 Å². The molecule has 0 amide bonds. The van der Waals surface area contributed by atoms with Gasteiger partial charge in [-0.05, 0) is 27.2 Å². The van der Waals surface area contributed by atoms with Crippen LogP contribution in [0.2, 0.25) is 0 Å². The molecule has 10 nitrogen and oxygen atoms in total. The Hall–Kier alpha value is -2.52. The molecule has 0 bridgehead atoms. The first kappa shape index (κ1) is 11.0. The number of anilines is 1. The number of nitrogens with zero attached hydrogens (tertiary/aromatic N) is 6. The summed E-state index contributed by atoms with van der Waals surface area (Å²) in [6, 6.07) is -0.892. The molecule has 0 saturated heterocycles. The monoisotopic (exact) mass is 239 g/mol. The minimum Gasteiger partial charge on any atom is -0.480 e. The van der Waals surface area contributed by atoms with Crippen molar-refractivity contribution in [3.8, 4) is 11.5 Å². The number of nitrogens with two attached hydrogens (primary N) is 1. The van der Waals surface area contributed by atoms with Crippen LogP contribution in [0.5, 0.6) is 0 Å². The Morgan fingerprint density at radius 3 is 2.88 bits per heavy atom. The highest BCUT2D eigenvalue weighted by atomic mass is 16.6. The van der Waals surface area contributed by atoms with Crippen LogP contribution in [0.15, 0.2) is 4.63 Å². The maximum atomic E-state index is 11.0. The second-order valence-corrected chi connectivity index (χ2v) is 3.21. The third kappa shape index (κ3) is 1.79. The number of carboxylic acid groups (broad SMARTS) is 1. The number of carbonyl (C=O) groups is 1. The van der Waals surface area contributed by atoms with Crippen LogP contribution in [0.4, 0.5) is 5.82 Å². The average Bonchev–Trinajstić information content (AvgIpc) is 2.87. The first-order chi connectivity index (χ1) is 8.15. The Kier molecular flexibility index (Phi) is 2.68. The summed E-state index contributed by atoms with van der Waals surface area (Å²) < 4.78 is 5.54. The fourth-order valence-electron chi connectivity index (χ4n) is 1.36. The van der Waals surface area contributed by atoms with Crippen molar-refractivity contribution in [1.29, 1.82) is 0 Å². The van der Waals surface area contributed by atoms with Crippen molar-refractivity contribution < 1.29 is 14.5 Å². The van der Waals surface area contributed by atoms with E-state index in [4.69, 9.17) is 10.8 Å². The Balaban J connectivity index is 2.48. The third-order valence-corrected chi connectivity index (χ3v) is 2.19. The molecule has 0 aliphatic carbocycles. The summed E-state index contributed by atoms with van der Waals surface area (Å²) in [7, 11) is 0. The molecular weight excluding hydrogens is 230 g/mol. The van der Waals surface area contributed by atoms with E-state index in [-0.39, 0.29) is 17.3 Å². The fraction of sp³-hybridized carbons (Fsp3) is 0.429. The molecule has 0 fully saturated rings. The number of nitrogen functional groups attached to an aromatic ring is 1. The lowest BCUT2D eigenvalue weighted by Crippen LogP contribution is -2.20. The van der Waals surface area contributed by atoms with Crippen LogP contribution in [-0.2, 0) is 4.79 Å². The number of aliphatic carboxylic acids is 1. The normalized spacial score (nSPS) is 12.5. The van der Waals surface area contributed by atoms with Gasteiger partial charge in [-0.1, -0.05) is 6.92 Å². The standard InChI is InChI=1S/C7H9N7O3/c1-2-3(7(15)16)14-6(9-12-13-14)4-5(8)11-17-10-4/h3H,2H2,1H3,(H2,8,11)(H,15,16). The smallest absolute Gasteiger partial charge is 0.328 e. The van der Waals surface area contributed by atoms with Crippen molar-refractivity contribution in [2.24, 2.45) is 0 Å². The number of carboxylic acids is 1. The Bertz CT molecular complexity index is 533. The van der Waals surface area contributed by atoms with E-state index >= 15 is 0 Å². The van der Waals surface area contributed by atoms with Gasteiger partial charge in [0.2, 0.25) is 5.82 Å². The van der Waals surface area contributed by atoms with E-state index in [0.29, 0.717) is 6.42 Å². The first-order valence-corrected chi connectivity index (χ1v) is 4.74. The molecule has 2 heterocycles. The maximum absolute atomic E-state index is 11.0. The molecule has 0 aromatic carbocycles. The van der Waals surface area contributed by atoms with Crippen molar-refractivity contribution in [1.82, 2.24) is 30.5 Å². The van der Waals surface area contributed by atoms with E-state index in [1.165, 1.54) is 0 Å². The minimum absolute atomic E-state index is 0.00120. The van der Waals surface area contributed by atoms with Crippen molar-refractivity contribution in [2.75, 3.05) is 5.73 Å². The molecule has 17 heavy (non-hydrogen) atoms. The van der Waals surface area contributed by atoms with Crippen LogP contribution in [-0.4, -0.2) is 41.6 Å². The van der Waals surface area contributed by atoms with E-state index < -0.39 is 12.0 Å². The zero-order valence-electron chi connectivity index (χ0n) is 8.81. The summed E-state index contributed by atoms with van der Waals surface area (Å²) in [4.78, 5) is 11.0. The molecule has 0 aliphatic rings. The van der Waals surface area contributed by atoms with Crippen LogP contribution in [0.25, 0.3) is 11.5 Å². The van der Waals surface area contributed by atoms with Crippen LogP contribution < -0.4 is 5.73 Å². The molecule has 0 radical (unpaired) electrons. The summed E-state index contributed by atoms with van der Waals surface area (Å²) in [6.45, 7) is 1.70. The highest BCUT2D eigenvalue weighted by Crippen LogP contribution is 2.22. The molecule has 3 N–H and O–H groups in total. The Morgan fingerprint density at radius 1 is 1.59 bits per heavy atom. The molecule has 2 aromatic heterocycles. The molecule has 1 atom stereocenters. The summed E-state index contributed by atoms with van der Waals surface area (Å²) >= 11 is 0. The van der Waals surface area contributed by atoms with Crippen LogP contribution >= 0.6 is 0 Å². The van der Waals surface area contributed by atoms with Crippen molar-refractivity contribution in [3.05, 3.63) is 0 Å². The fourth-order valence-corrected chi connectivity index (χ4v) is 1.36. The largest absolute Gasteiger partial charge is 0.480 e. The van der Waals surface area contributed by atoms with Gasteiger partial charge in [0.15, 0.2) is 17.6 Å². The van der Waals surface area contributed by atoms with E-state index in [2.05, 4.69) is 30.5 Å². The highest BCUT2D eigenvalue weighted by molar-refractivity contribution is 5.73. The third-order valence-electron chi connectivity index (χ3n) is 2.19. The van der Waals surface area contributed by atoms with Gasteiger partial charge in [-0.3, -0.25) is 0 Å². The van der Waals surface area contributed by atoms with Crippen LogP contribution in [0, 0.1) is 0 Å². The molecule has 1 unspecified atom stereocenters. The molecule has 10 heteroatoms. The molecule has 0 spiro atoms. The Labute approximate surface area is 94.4 Å². The lowest BCUT2D eigenvalue weighted by atomic mass is 10.2. The number of hydrogen-bond acceptors (Lipinski definition) is 8. The molecule has 2 aromatic rings. The molecule has 90 valence electrons. The van der Waals surface area contributed by atoms with Gasteiger partial charge in [-0.2, -0.15) is 0 Å². The molecular formula is C7H9N7O3. The maximum Gasteiger partial charge on any atom is 0.328 e. The predicted molar refractivity (Wildman–Crippen MR) is 52.5 cm³/mol. The van der Waals surface area contributed by atoms with Gasteiger partial charge >= 0.3 is 5.97 Å². The first-order valence-electron chi connectivity index (χ1n) is 4.74. The molecule has 0 saturated carbocycles. The summed E-state index contributed by atoms with van der Waals surface area (Å²) in [5, 5.41) is 26.6. The van der Waals surface area contributed by atoms with Gasteiger partial charge in [-0.15, -0.1) is 5.10 Å². The SMILES string of the molecule is CCC(C(=O)O)n1nnnc1-c1nonc1N. The van der Waals surface area contributed by atoms with E-state index in [1.807, 2.05) is 0 Å². The number of tetrazole rings is 1. The lowest BCUT2D eigenvalue weighted by molar-refractivity contribution is -0.141. The number of hydrogen-bond donors (Lipinski definition) is 2. The number of rotatable bonds is 4. The number of aromatic nitrogens is 6. The van der Waals surface area contributed by atoms with E-state index in [9.17, 15) is 4.79 Å². The summed E-state index contributed by atoms with van der Waals surface area (Å²) in [6.07, 6.45) is 0.318. The second-order valence-electron chi connectivity index (χ2n) is 3.21. The van der Waals surface area contributed by atoms with Gasteiger partial charge in [0.05, 0.1) is 0 Å². The molecule has 0 aliphatic heterocycles. The van der Waals surface area contributed by atoms with Gasteiger partial charge in [0.25, 0.3) is 0 Å². The van der Waals surface area contributed by atoms with Crippen molar-refractivity contribution in [2.45, 2.75) is 19.4 Å². The Morgan fingerprint density at radius 2 is 2.35 bits per heavy atom.